The van der Waals surface area contributed by atoms with Gasteiger partial charge in [0.2, 0.25) is 0 Å². The molecule has 0 aliphatic heterocycles. The van der Waals surface area contributed by atoms with Gasteiger partial charge in [0, 0.05) is 11.3 Å². The third kappa shape index (κ3) is 3.13. The van der Waals surface area contributed by atoms with Gasteiger partial charge in [0.25, 0.3) is 0 Å². The average Bonchev–Trinajstić information content (AvgIpc) is 1.98. The van der Waals surface area contributed by atoms with Crippen LogP contribution in [0.3, 0.4) is 0 Å². The van der Waals surface area contributed by atoms with Crippen molar-refractivity contribution in [2.45, 2.75) is 34.6 Å². The summed E-state index contributed by atoms with van der Waals surface area (Å²) in [4.78, 5) is 23.0. The zero-order valence-electron chi connectivity index (χ0n) is 9.10. The molecule has 2 heteroatoms. The summed E-state index contributed by atoms with van der Waals surface area (Å²) in [6.45, 7) is 12.4. The summed E-state index contributed by atoms with van der Waals surface area (Å²) in [5, 5.41) is 0. The van der Waals surface area contributed by atoms with E-state index in [-0.39, 0.29) is 23.1 Å². The van der Waals surface area contributed by atoms with Crippen molar-refractivity contribution in [3.05, 3.63) is 12.2 Å². The minimum absolute atomic E-state index is 0.127. The van der Waals surface area contributed by atoms with Crippen LogP contribution in [-0.2, 0) is 9.59 Å². The van der Waals surface area contributed by atoms with E-state index in [2.05, 4.69) is 6.58 Å². The fourth-order valence-electron chi connectivity index (χ4n) is 0.913. The van der Waals surface area contributed by atoms with Crippen LogP contribution in [0.1, 0.15) is 34.6 Å². The Hall–Kier alpha value is -0.920. The van der Waals surface area contributed by atoms with E-state index in [0.29, 0.717) is 0 Å². The molecule has 0 saturated heterocycles. The van der Waals surface area contributed by atoms with E-state index < -0.39 is 5.41 Å². The second-order valence-electron chi connectivity index (χ2n) is 4.58. The number of Topliss-reactive ketones (excluding diaryl/α,β-unsaturated/α-hetero) is 2. The van der Waals surface area contributed by atoms with Crippen molar-refractivity contribution >= 4 is 11.6 Å². The van der Waals surface area contributed by atoms with Gasteiger partial charge >= 0.3 is 0 Å². The molecule has 13 heavy (non-hydrogen) atoms. The van der Waals surface area contributed by atoms with E-state index in [0.717, 1.165) is 0 Å². The molecular formula is C11H18O2. The Kier molecular flexibility index (Phi) is 3.59. The van der Waals surface area contributed by atoms with Crippen molar-refractivity contribution in [2.24, 2.45) is 11.3 Å². The molecule has 74 valence electrons. The van der Waals surface area contributed by atoms with Gasteiger partial charge in [-0.1, -0.05) is 41.2 Å². The normalized spacial score (nSPS) is 11.5. The first-order chi connectivity index (χ1) is 5.68. The maximum atomic E-state index is 11.6. The van der Waals surface area contributed by atoms with E-state index in [9.17, 15) is 9.59 Å². The summed E-state index contributed by atoms with van der Waals surface area (Å²) < 4.78 is 0. The van der Waals surface area contributed by atoms with E-state index in [1.54, 1.807) is 34.6 Å². The lowest BCUT2D eigenvalue weighted by molar-refractivity contribution is -0.127. The lowest BCUT2D eigenvalue weighted by atomic mass is 9.83. The first-order valence-electron chi connectivity index (χ1n) is 4.46. The van der Waals surface area contributed by atoms with Crippen molar-refractivity contribution in [2.75, 3.05) is 0 Å². The molecule has 0 spiro atoms. The largest absolute Gasteiger partial charge is 0.294 e. The highest BCUT2D eigenvalue weighted by atomic mass is 16.2. The molecule has 0 unspecified atom stereocenters. The third-order valence-electron chi connectivity index (χ3n) is 1.78. The van der Waals surface area contributed by atoms with Gasteiger partial charge in [0.05, 0.1) is 5.57 Å². The maximum absolute atomic E-state index is 11.6. The number of carbonyl (C=O) groups excluding carboxylic acids is 2. The van der Waals surface area contributed by atoms with Crippen LogP contribution in [0.4, 0.5) is 0 Å². The molecule has 0 aliphatic carbocycles. The number of allylic oxidation sites excluding steroid dienone is 1. The first kappa shape index (κ1) is 12.1. The van der Waals surface area contributed by atoms with Gasteiger partial charge in [-0.2, -0.15) is 0 Å². The highest BCUT2D eigenvalue weighted by Gasteiger charge is 2.28. The number of rotatable bonds is 3. The molecule has 2 nitrogen and oxygen atoms in total. The van der Waals surface area contributed by atoms with Gasteiger partial charge in [-0.3, -0.25) is 9.59 Å². The second kappa shape index (κ2) is 3.86. The van der Waals surface area contributed by atoms with Gasteiger partial charge < -0.3 is 0 Å². The molecule has 0 aromatic heterocycles. The quantitative estimate of drug-likeness (QED) is 0.381. The third-order valence-corrected chi connectivity index (χ3v) is 1.78. The van der Waals surface area contributed by atoms with Crippen molar-refractivity contribution in [1.82, 2.24) is 0 Å². The van der Waals surface area contributed by atoms with Crippen LogP contribution >= 0.6 is 0 Å². The van der Waals surface area contributed by atoms with Gasteiger partial charge in [-0.05, 0) is 0 Å². The summed E-state index contributed by atoms with van der Waals surface area (Å²) in [5.74, 6) is -0.468. The van der Waals surface area contributed by atoms with Crippen LogP contribution in [0, 0.1) is 11.3 Å². The number of carbonyl (C=O) groups is 2. The summed E-state index contributed by atoms with van der Waals surface area (Å²) in [5.41, 5.74) is -0.385. The van der Waals surface area contributed by atoms with Gasteiger partial charge in [-0.25, -0.2) is 0 Å². The Labute approximate surface area is 80.0 Å². The Bertz CT molecular complexity index is 241. The fourth-order valence-corrected chi connectivity index (χ4v) is 0.913. The predicted molar refractivity (Wildman–Crippen MR) is 53.4 cm³/mol. The zero-order valence-corrected chi connectivity index (χ0v) is 9.10. The Morgan fingerprint density at radius 1 is 1.15 bits per heavy atom. The maximum Gasteiger partial charge on any atom is 0.171 e. The first-order valence-corrected chi connectivity index (χ1v) is 4.46. The monoisotopic (exact) mass is 182 g/mol. The fraction of sp³-hybridized carbons (Fsp3) is 0.636. The number of ketones is 2. The topological polar surface area (TPSA) is 34.1 Å². The van der Waals surface area contributed by atoms with Crippen molar-refractivity contribution in [1.29, 1.82) is 0 Å². The van der Waals surface area contributed by atoms with E-state index in [1.165, 1.54) is 0 Å². The standard InChI is InChI=1S/C11H18O2/c1-7(2)9(12)8(3)10(13)11(4,5)6/h7H,3H2,1-2,4-6H3. The van der Waals surface area contributed by atoms with Crippen LogP contribution in [0.2, 0.25) is 0 Å². The SMILES string of the molecule is C=C(C(=O)C(C)C)C(=O)C(C)(C)C. The summed E-state index contributed by atoms with van der Waals surface area (Å²) >= 11 is 0. The molecule has 0 N–H and O–H groups in total. The van der Waals surface area contributed by atoms with Crippen LogP contribution in [0.25, 0.3) is 0 Å². The highest BCUT2D eigenvalue weighted by Crippen LogP contribution is 2.20. The number of hydrogen-bond acceptors (Lipinski definition) is 2. The summed E-state index contributed by atoms with van der Waals surface area (Å²) in [7, 11) is 0. The molecule has 0 atom stereocenters. The minimum Gasteiger partial charge on any atom is -0.294 e. The zero-order chi connectivity index (χ0) is 10.8. The summed E-state index contributed by atoms with van der Waals surface area (Å²) in [6, 6.07) is 0. The van der Waals surface area contributed by atoms with Crippen LogP contribution < -0.4 is 0 Å². The Morgan fingerprint density at radius 2 is 1.54 bits per heavy atom. The Morgan fingerprint density at radius 3 is 1.77 bits per heavy atom. The summed E-state index contributed by atoms with van der Waals surface area (Å²) in [6.07, 6.45) is 0. The molecule has 0 bridgehead atoms. The van der Waals surface area contributed by atoms with Gasteiger partial charge in [0.15, 0.2) is 11.6 Å². The molecule has 0 fully saturated rings. The van der Waals surface area contributed by atoms with Gasteiger partial charge in [-0.15, -0.1) is 0 Å². The van der Waals surface area contributed by atoms with E-state index in [4.69, 9.17) is 0 Å². The van der Waals surface area contributed by atoms with Crippen LogP contribution in [0.5, 0.6) is 0 Å². The predicted octanol–water partition coefficient (Wildman–Crippen LogP) is 2.38. The molecule has 0 aliphatic rings. The smallest absolute Gasteiger partial charge is 0.171 e. The van der Waals surface area contributed by atoms with Crippen molar-refractivity contribution < 1.29 is 9.59 Å². The number of hydrogen-bond donors (Lipinski definition) is 0. The second-order valence-corrected chi connectivity index (χ2v) is 4.58. The van der Waals surface area contributed by atoms with E-state index in [1.807, 2.05) is 0 Å². The lowest BCUT2D eigenvalue weighted by Gasteiger charge is -2.18. The van der Waals surface area contributed by atoms with Crippen molar-refractivity contribution in [3.63, 3.8) is 0 Å². The molecule has 0 radical (unpaired) electrons. The lowest BCUT2D eigenvalue weighted by Crippen LogP contribution is -2.27. The average molecular weight is 182 g/mol. The minimum atomic E-state index is -0.512. The molecule has 0 rings (SSSR count). The molecule has 0 aromatic carbocycles. The molecular weight excluding hydrogens is 164 g/mol. The van der Waals surface area contributed by atoms with Gasteiger partial charge in [0.1, 0.15) is 0 Å². The molecule has 0 heterocycles. The Balaban J connectivity index is 4.65. The molecule has 0 aromatic rings. The van der Waals surface area contributed by atoms with Crippen molar-refractivity contribution in [3.8, 4) is 0 Å². The molecule has 0 amide bonds. The highest BCUT2D eigenvalue weighted by molar-refractivity contribution is 6.21. The van der Waals surface area contributed by atoms with Crippen LogP contribution in [-0.4, -0.2) is 11.6 Å². The van der Waals surface area contributed by atoms with Crippen LogP contribution in [0.15, 0.2) is 12.2 Å². The molecule has 0 saturated carbocycles. The van der Waals surface area contributed by atoms with E-state index >= 15 is 0 Å².